The van der Waals surface area contributed by atoms with Gasteiger partial charge in [0.15, 0.2) is 0 Å². The van der Waals surface area contributed by atoms with Gasteiger partial charge in [-0.05, 0) is 110 Å². The molecule has 0 spiro atoms. The molecule has 0 radical (unpaired) electrons. The van der Waals surface area contributed by atoms with Gasteiger partial charge in [-0.15, -0.1) is 0 Å². The van der Waals surface area contributed by atoms with E-state index < -0.39 is 18.1 Å². The van der Waals surface area contributed by atoms with Gasteiger partial charge in [0.05, 0.1) is 30.8 Å². The first-order valence-corrected chi connectivity index (χ1v) is 24.3. The van der Waals surface area contributed by atoms with Crippen LogP contribution in [0.5, 0.6) is 0 Å². The number of amides is 4. The fraction of sp³-hybridized carbons (Fsp3) is 0.800. The molecule has 4 N–H and O–H groups in total. The van der Waals surface area contributed by atoms with E-state index in [9.17, 15) is 33.9 Å². The van der Waals surface area contributed by atoms with Crippen molar-refractivity contribution < 1.29 is 62.9 Å². The minimum atomic E-state index is -0.998. The third-order valence-electron chi connectivity index (χ3n) is 13.2. The summed E-state index contributed by atoms with van der Waals surface area (Å²) in [6, 6.07) is -1.68. The third-order valence-corrected chi connectivity index (χ3v) is 13.2. The van der Waals surface area contributed by atoms with E-state index in [1.54, 1.807) is 49.9 Å². The van der Waals surface area contributed by atoms with Gasteiger partial charge in [0.1, 0.15) is 12.1 Å². The van der Waals surface area contributed by atoms with Crippen molar-refractivity contribution in [3.8, 4) is 0 Å². The molecule has 2 fully saturated rings. The van der Waals surface area contributed by atoms with Gasteiger partial charge in [-0.1, -0.05) is 94.2 Å². The largest absolute Gasteiger partial charge is 1.00 e. The van der Waals surface area contributed by atoms with E-state index in [0.29, 0.717) is 24.3 Å². The fourth-order valence-corrected chi connectivity index (χ4v) is 8.65. The summed E-state index contributed by atoms with van der Waals surface area (Å²) in [5, 5.41) is 15.4. The topological polar surface area (TPSA) is 199 Å². The Bertz CT molecular complexity index is 1590. The summed E-state index contributed by atoms with van der Waals surface area (Å²) in [5.74, 6) is -1.88. The zero-order valence-corrected chi connectivity index (χ0v) is 44.4. The molecule has 2 aliphatic heterocycles. The van der Waals surface area contributed by atoms with Gasteiger partial charge in [-0.25, -0.2) is 9.59 Å². The number of likely N-dealkylation sites (N-methyl/N-ethyl adjacent to an activating group) is 2. The Hall–Kier alpha value is -3.22. The molecule has 0 aliphatic carbocycles. The molecule has 0 aromatic rings. The van der Waals surface area contributed by atoms with E-state index in [0.717, 1.165) is 64.5 Å². The molecule has 0 aromatic carbocycles. The first-order valence-electron chi connectivity index (χ1n) is 24.3. The quantitative estimate of drug-likeness (QED) is 0.0858. The Balaban J connectivity index is 0. The Morgan fingerprint density at radius 1 is 0.621 bits per heavy atom. The first-order chi connectivity index (χ1) is 29.9. The number of carboxylic acids is 1. The monoisotopic (exact) mass is 927 g/mol. The second kappa shape index (κ2) is 31.8. The van der Waals surface area contributed by atoms with Crippen LogP contribution < -0.4 is 29.5 Å². The normalized spacial score (nSPS) is 20.0. The van der Waals surface area contributed by atoms with Crippen LogP contribution in [0.3, 0.4) is 0 Å². The van der Waals surface area contributed by atoms with E-state index in [1.807, 2.05) is 55.4 Å². The summed E-state index contributed by atoms with van der Waals surface area (Å²) in [5.41, 5.74) is 0.682. The van der Waals surface area contributed by atoms with Gasteiger partial charge in [-0.2, -0.15) is 0 Å². The third kappa shape index (κ3) is 19.4. The van der Waals surface area contributed by atoms with Gasteiger partial charge in [-0.3, -0.25) is 29.0 Å². The van der Waals surface area contributed by atoms with Gasteiger partial charge < -0.3 is 35.8 Å². The average Bonchev–Trinajstić information content (AvgIpc) is 3.26. The predicted octanol–water partition coefficient (Wildman–Crippen LogP) is 3.89. The van der Waals surface area contributed by atoms with Crippen molar-refractivity contribution >= 4 is 35.6 Å². The second-order valence-corrected chi connectivity index (χ2v) is 19.6. The van der Waals surface area contributed by atoms with Crippen LogP contribution in [0.15, 0.2) is 23.3 Å². The van der Waals surface area contributed by atoms with E-state index in [-0.39, 0.29) is 107 Å². The summed E-state index contributed by atoms with van der Waals surface area (Å²) in [7, 11) is 3.43. The number of hydrogen-bond donors (Lipinski definition) is 3. The van der Waals surface area contributed by atoms with Crippen molar-refractivity contribution in [3.05, 3.63) is 23.3 Å². The maximum absolute atomic E-state index is 13.5. The van der Waals surface area contributed by atoms with Crippen molar-refractivity contribution in [3.63, 3.8) is 0 Å². The number of carboxylic acid groups (broad SMARTS) is 1. The maximum Gasteiger partial charge on any atom is 1.00 e. The molecule has 2 rings (SSSR count). The molecule has 2 unspecified atom stereocenters. The first kappa shape index (κ1) is 64.9. The minimum absolute atomic E-state index is 0. The number of nitrogens with zero attached hydrogens (tertiary/aromatic N) is 4. The van der Waals surface area contributed by atoms with Gasteiger partial charge in [0.2, 0.25) is 23.6 Å². The van der Waals surface area contributed by atoms with Crippen molar-refractivity contribution in [1.82, 2.24) is 30.2 Å². The van der Waals surface area contributed by atoms with E-state index in [1.165, 1.54) is 6.92 Å². The molecule has 4 amide bonds. The number of piperidine rings is 2. The number of carbonyl (C=O) groups excluding carboxylic acids is 5. The SMILES string of the molecule is CCC(C)N1CCCC[C@@H]1C(=O)N[C@H](C(=O)N(C)[C@H](/C=C(\C)C(=O)O)C(C)C)C(C)C.CCOC(=O)/C(C)=C/[C@H](C(C)C)N(C)C(=O)[C@@H](NC(=O)[C@H]1CCCCN1C(C)CC)C(C)C.[Li+].[OH-]. The smallest absolute Gasteiger partial charge is 0.870 e. The maximum atomic E-state index is 13.5. The fourth-order valence-electron chi connectivity index (χ4n) is 8.65. The van der Waals surface area contributed by atoms with Crippen LogP contribution in [-0.4, -0.2) is 148 Å². The predicted molar refractivity (Wildman–Crippen MR) is 258 cm³/mol. The van der Waals surface area contributed by atoms with E-state index >= 15 is 0 Å². The molecule has 2 saturated heterocycles. The van der Waals surface area contributed by atoms with Crippen LogP contribution in [-0.2, 0) is 33.5 Å². The molecule has 2 heterocycles. The second-order valence-electron chi connectivity index (χ2n) is 19.6. The van der Waals surface area contributed by atoms with Crippen LogP contribution in [0.4, 0.5) is 0 Å². The zero-order chi connectivity index (χ0) is 49.2. The molecule has 0 bridgehead atoms. The molecule has 8 atom stereocenters. The van der Waals surface area contributed by atoms with Crippen molar-refractivity contribution in [2.24, 2.45) is 23.7 Å². The van der Waals surface area contributed by atoms with E-state index in [2.05, 4.69) is 48.1 Å². The molecule has 0 aromatic heterocycles. The summed E-state index contributed by atoms with van der Waals surface area (Å²) in [6.07, 6.45) is 11.2. The number of hydrogen-bond acceptors (Lipinski definition) is 10. The molecule has 376 valence electrons. The molecule has 0 saturated carbocycles. The van der Waals surface area contributed by atoms with Crippen LogP contribution in [0.2, 0.25) is 0 Å². The van der Waals surface area contributed by atoms with Crippen molar-refractivity contribution in [1.29, 1.82) is 0 Å². The zero-order valence-electron chi connectivity index (χ0n) is 44.4. The van der Waals surface area contributed by atoms with Crippen LogP contribution >= 0.6 is 0 Å². The number of ether oxygens (including phenoxy) is 1. The molecule has 2 aliphatic rings. The van der Waals surface area contributed by atoms with Gasteiger partial charge >= 0.3 is 30.8 Å². The number of aliphatic carboxylic acids is 1. The van der Waals surface area contributed by atoms with Gasteiger partial charge in [0.25, 0.3) is 0 Å². The Kier molecular flexibility index (Phi) is 31.2. The molecule has 66 heavy (non-hydrogen) atoms. The van der Waals surface area contributed by atoms with Crippen LogP contribution in [0, 0.1) is 23.7 Å². The molecule has 16 heteroatoms. The molecular weight excluding hydrogens is 836 g/mol. The number of rotatable bonds is 21. The Morgan fingerprint density at radius 3 is 1.26 bits per heavy atom. The molecular formula is C50H91LiN6O9. The number of carbonyl (C=O) groups is 6. The minimum Gasteiger partial charge on any atom is -0.870 e. The standard InChI is InChI=1S/C26H47N3O4.C24H43N3O4.Li.H2O/c1-10-20(8)29-15-13-12-14-21(29)24(30)27-23(18(5)6)25(31)28(9)22(17(3)4)16-19(7)26(32)33-11-2;1-9-18(7)27-13-11-10-12-19(27)22(28)25-21(16(4)5)23(29)26(8)20(15(2)3)14-17(6)24(30)31;;/h16-18,20-23H,10-15H2,1-9H3,(H,27,30);14-16,18-21H,9-13H2,1-8H3,(H,25,28)(H,30,31);;1H2/q;;+1;/p-1/b19-16+;17-14+;;/t20?,21-,22-,23+;18?,19-,20-,21+;;/m11../s1. The van der Waals surface area contributed by atoms with Crippen molar-refractivity contribution in [2.45, 2.75) is 204 Å². The Labute approximate surface area is 411 Å². The van der Waals surface area contributed by atoms with Crippen LogP contribution in [0.25, 0.3) is 0 Å². The molecule has 15 nitrogen and oxygen atoms in total. The number of nitrogens with one attached hydrogen (secondary N) is 2. The summed E-state index contributed by atoms with van der Waals surface area (Å²) in [6.45, 7) is 31.4. The summed E-state index contributed by atoms with van der Waals surface area (Å²) >= 11 is 0. The summed E-state index contributed by atoms with van der Waals surface area (Å²) in [4.78, 5) is 84.7. The Morgan fingerprint density at radius 2 is 0.970 bits per heavy atom. The van der Waals surface area contributed by atoms with E-state index in [4.69, 9.17) is 4.74 Å². The average molecular weight is 927 g/mol. The van der Waals surface area contributed by atoms with Crippen molar-refractivity contribution in [2.75, 3.05) is 33.8 Å². The summed E-state index contributed by atoms with van der Waals surface area (Å²) < 4.78 is 5.10. The number of likely N-dealkylation sites (tertiary alicyclic amines) is 2. The van der Waals surface area contributed by atoms with Crippen LogP contribution in [0.1, 0.15) is 155 Å². The van der Waals surface area contributed by atoms with Gasteiger partial charge in [0, 0.05) is 37.3 Å². The number of esters is 1.